The molecule has 4 aromatic rings. The quantitative estimate of drug-likeness (QED) is 0.437. The molecule has 0 radical (unpaired) electrons. The molecule has 0 bridgehead atoms. The highest BCUT2D eigenvalue weighted by Crippen LogP contribution is 2.31. The van der Waals surface area contributed by atoms with E-state index in [1.807, 2.05) is 54.6 Å². The van der Waals surface area contributed by atoms with Crippen molar-refractivity contribution in [2.24, 2.45) is 0 Å². The maximum atomic E-state index is 6.38. The number of nitrogens with zero attached hydrogens (tertiary/aromatic N) is 1. The number of hydrogen-bond acceptors (Lipinski definition) is 3. The van der Waals surface area contributed by atoms with Gasteiger partial charge in [0.05, 0.1) is 15.2 Å². The predicted molar refractivity (Wildman–Crippen MR) is 101 cm³/mol. The van der Waals surface area contributed by atoms with E-state index in [0.29, 0.717) is 17.4 Å². The van der Waals surface area contributed by atoms with Crippen LogP contribution in [0.3, 0.4) is 0 Å². The summed E-state index contributed by atoms with van der Waals surface area (Å²) in [7, 11) is 0. The molecule has 1 heterocycles. The van der Waals surface area contributed by atoms with Crippen LogP contribution < -0.4 is 4.74 Å². The van der Waals surface area contributed by atoms with Crippen LogP contribution in [0.25, 0.3) is 21.3 Å². The second kappa shape index (κ2) is 6.63. The van der Waals surface area contributed by atoms with Gasteiger partial charge < -0.3 is 4.74 Å². The van der Waals surface area contributed by atoms with Crippen molar-refractivity contribution in [1.82, 2.24) is 4.98 Å². The molecule has 0 amide bonds. The summed E-state index contributed by atoms with van der Waals surface area (Å²) in [5.41, 5.74) is 3.22. The predicted octanol–water partition coefficient (Wildman–Crippen LogP) is 6.20. The Morgan fingerprint density at radius 2 is 1.67 bits per heavy atom. The molecule has 1 aromatic heterocycles. The Bertz CT molecular complexity index is 948. The molecule has 3 aromatic carbocycles. The van der Waals surface area contributed by atoms with Crippen molar-refractivity contribution < 1.29 is 4.74 Å². The third-order valence-corrected chi connectivity index (χ3v) is 5.03. The lowest BCUT2D eigenvalue weighted by molar-refractivity contribution is 0.306. The summed E-state index contributed by atoms with van der Waals surface area (Å²) in [5.74, 6) is 0.676. The van der Waals surface area contributed by atoms with Crippen molar-refractivity contribution in [2.45, 2.75) is 6.61 Å². The van der Waals surface area contributed by atoms with Crippen LogP contribution in [-0.2, 0) is 6.61 Å². The van der Waals surface area contributed by atoms with Gasteiger partial charge in [-0.2, -0.15) is 0 Å². The third kappa shape index (κ3) is 3.14. The molecule has 118 valence electrons. The lowest BCUT2D eigenvalue weighted by Crippen LogP contribution is -1.95. The summed E-state index contributed by atoms with van der Waals surface area (Å²) in [5, 5.41) is 1.55. The van der Waals surface area contributed by atoms with Gasteiger partial charge in [0.2, 0.25) is 0 Å². The first kappa shape index (κ1) is 15.2. The molecule has 0 aliphatic heterocycles. The Morgan fingerprint density at radius 3 is 2.46 bits per heavy atom. The molecule has 0 atom stereocenters. The van der Waals surface area contributed by atoms with Gasteiger partial charge in [0, 0.05) is 0 Å². The van der Waals surface area contributed by atoms with Crippen molar-refractivity contribution in [3.05, 3.63) is 82.8 Å². The summed E-state index contributed by atoms with van der Waals surface area (Å²) in [6.07, 6.45) is 0. The van der Waals surface area contributed by atoms with E-state index in [-0.39, 0.29) is 0 Å². The molecule has 0 spiro atoms. The third-order valence-electron chi connectivity index (χ3n) is 3.73. The maximum Gasteiger partial charge on any atom is 0.140 e. The van der Waals surface area contributed by atoms with Gasteiger partial charge in [-0.15, -0.1) is 11.3 Å². The highest BCUT2D eigenvalue weighted by molar-refractivity contribution is 7.18. The topological polar surface area (TPSA) is 22.1 Å². The first-order valence-corrected chi connectivity index (χ1v) is 8.81. The van der Waals surface area contributed by atoms with Crippen LogP contribution in [0.1, 0.15) is 5.01 Å². The van der Waals surface area contributed by atoms with Gasteiger partial charge in [-0.05, 0) is 35.4 Å². The van der Waals surface area contributed by atoms with E-state index in [1.165, 1.54) is 4.70 Å². The van der Waals surface area contributed by atoms with Crippen LogP contribution in [0.5, 0.6) is 5.75 Å². The normalized spacial score (nSPS) is 10.9. The van der Waals surface area contributed by atoms with Crippen molar-refractivity contribution >= 4 is 33.2 Å². The number of fused-ring (bicyclic) bond motifs is 1. The minimum absolute atomic E-state index is 0.420. The molecule has 24 heavy (non-hydrogen) atoms. The average Bonchev–Trinajstić information content (AvgIpc) is 3.04. The van der Waals surface area contributed by atoms with Crippen LogP contribution in [0.2, 0.25) is 5.02 Å². The summed E-state index contributed by atoms with van der Waals surface area (Å²) >= 11 is 8.03. The fourth-order valence-corrected chi connectivity index (χ4v) is 3.66. The Labute approximate surface area is 149 Å². The zero-order valence-corrected chi connectivity index (χ0v) is 14.3. The number of benzene rings is 3. The molecule has 0 saturated carbocycles. The molecular weight excluding hydrogens is 338 g/mol. The molecule has 0 aliphatic carbocycles. The van der Waals surface area contributed by atoms with E-state index >= 15 is 0 Å². The molecule has 0 unspecified atom stereocenters. The molecule has 4 heteroatoms. The van der Waals surface area contributed by atoms with Crippen LogP contribution in [-0.4, -0.2) is 4.98 Å². The minimum Gasteiger partial charge on any atom is -0.485 e. The van der Waals surface area contributed by atoms with Crippen molar-refractivity contribution in [3.63, 3.8) is 0 Å². The number of thiazole rings is 1. The molecule has 4 rings (SSSR count). The number of aromatic nitrogens is 1. The number of rotatable bonds is 4. The first-order chi connectivity index (χ1) is 11.8. The molecule has 0 aliphatic rings. The van der Waals surface area contributed by atoms with Crippen molar-refractivity contribution in [1.29, 1.82) is 0 Å². The SMILES string of the molecule is Clc1cc(-c2ccccc2)ccc1OCc1nc2ccccc2s1. The molecule has 0 N–H and O–H groups in total. The van der Waals surface area contributed by atoms with E-state index in [1.54, 1.807) is 11.3 Å². The summed E-state index contributed by atoms with van der Waals surface area (Å²) in [6, 6.07) is 24.1. The Hall–Kier alpha value is -2.36. The number of hydrogen-bond donors (Lipinski definition) is 0. The molecular formula is C20H14ClNOS. The fourth-order valence-electron chi connectivity index (χ4n) is 2.55. The number of halogens is 1. The van der Waals surface area contributed by atoms with Gasteiger partial charge in [-0.1, -0.05) is 60.1 Å². The van der Waals surface area contributed by atoms with Crippen molar-refractivity contribution in [2.75, 3.05) is 0 Å². The van der Waals surface area contributed by atoms with Crippen molar-refractivity contribution in [3.8, 4) is 16.9 Å². The zero-order valence-electron chi connectivity index (χ0n) is 12.8. The smallest absolute Gasteiger partial charge is 0.140 e. The summed E-state index contributed by atoms with van der Waals surface area (Å²) in [6.45, 7) is 0.420. The maximum absolute atomic E-state index is 6.38. The Balaban J connectivity index is 1.52. The van der Waals surface area contributed by atoms with Gasteiger partial charge in [0.25, 0.3) is 0 Å². The minimum atomic E-state index is 0.420. The second-order valence-corrected chi connectivity index (χ2v) is 6.90. The highest BCUT2D eigenvalue weighted by Gasteiger charge is 2.08. The van der Waals surface area contributed by atoms with Crippen LogP contribution in [0.15, 0.2) is 72.8 Å². The average molecular weight is 352 g/mol. The lowest BCUT2D eigenvalue weighted by atomic mass is 10.1. The van der Waals surface area contributed by atoms with Gasteiger partial charge >= 0.3 is 0 Å². The van der Waals surface area contributed by atoms with Crippen LogP contribution in [0.4, 0.5) is 0 Å². The monoisotopic (exact) mass is 351 g/mol. The lowest BCUT2D eigenvalue weighted by Gasteiger charge is -2.08. The van der Waals surface area contributed by atoms with E-state index in [2.05, 4.69) is 23.2 Å². The van der Waals surface area contributed by atoms with E-state index in [9.17, 15) is 0 Å². The summed E-state index contributed by atoms with van der Waals surface area (Å²) in [4.78, 5) is 4.57. The fraction of sp³-hybridized carbons (Fsp3) is 0.0500. The second-order valence-electron chi connectivity index (χ2n) is 5.38. The molecule has 0 saturated heterocycles. The van der Waals surface area contributed by atoms with Gasteiger partial charge in [0.1, 0.15) is 17.4 Å². The van der Waals surface area contributed by atoms with Crippen LogP contribution >= 0.6 is 22.9 Å². The van der Waals surface area contributed by atoms with Crippen LogP contribution in [0, 0.1) is 0 Å². The molecule has 0 fully saturated rings. The van der Waals surface area contributed by atoms with E-state index < -0.39 is 0 Å². The Morgan fingerprint density at radius 1 is 0.875 bits per heavy atom. The largest absolute Gasteiger partial charge is 0.485 e. The van der Waals surface area contributed by atoms with Gasteiger partial charge in [-0.3, -0.25) is 0 Å². The van der Waals surface area contributed by atoms with Gasteiger partial charge in [0.15, 0.2) is 0 Å². The zero-order chi connectivity index (χ0) is 16.4. The van der Waals surface area contributed by atoms with E-state index in [4.69, 9.17) is 16.3 Å². The number of ether oxygens (including phenoxy) is 1. The standard InChI is InChI=1S/C20H14ClNOS/c21-16-12-15(14-6-2-1-3-7-14)10-11-18(16)23-13-20-22-17-8-4-5-9-19(17)24-20/h1-12H,13H2. The first-order valence-electron chi connectivity index (χ1n) is 7.62. The Kier molecular flexibility index (Phi) is 4.20. The highest BCUT2D eigenvalue weighted by atomic mass is 35.5. The number of para-hydroxylation sites is 1. The van der Waals surface area contributed by atoms with E-state index in [0.717, 1.165) is 21.7 Å². The molecule has 2 nitrogen and oxygen atoms in total. The van der Waals surface area contributed by atoms with Gasteiger partial charge in [-0.25, -0.2) is 4.98 Å². The summed E-state index contributed by atoms with van der Waals surface area (Å²) < 4.78 is 7.03.